The highest BCUT2D eigenvalue weighted by Crippen LogP contribution is 2.25. The van der Waals surface area contributed by atoms with Gasteiger partial charge >= 0.3 is 0 Å². The molecular formula is C20H18N4O2. The lowest BCUT2D eigenvalue weighted by Crippen LogP contribution is -1.92. The Labute approximate surface area is 150 Å². The van der Waals surface area contributed by atoms with E-state index in [4.69, 9.17) is 5.73 Å². The van der Waals surface area contributed by atoms with Gasteiger partial charge in [0.1, 0.15) is 6.20 Å². The fourth-order valence-electron chi connectivity index (χ4n) is 2.82. The number of benzene rings is 2. The Kier molecular flexibility index (Phi) is 4.75. The van der Waals surface area contributed by atoms with Gasteiger partial charge in [0.05, 0.1) is 22.2 Å². The highest BCUT2D eigenvalue weighted by atomic mass is 16.6. The number of hydrogen-bond acceptors (Lipinski definition) is 5. The molecule has 0 aliphatic heterocycles. The number of aromatic nitrogens is 2. The quantitative estimate of drug-likeness (QED) is 0.402. The Bertz CT molecular complexity index is 1070. The first-order chi connectivity index (χ1) is 12.5. The number of aryl methyl sites for hydroxylation is 2. The van der Waals surface area contributed by atoms with Crippen LogP contribution in [0.3, 0.4) is 0 Å². The second-order valence-corrected chi connectivity index (χ2v) is 5.88. The van der Waals surface area contributed by atoms with E-state index in [1.807, 2.05) is 50.2 Å². The normalized spacial score (nSPS) is 10.4. The number of nitrogens with two attached hydrogens (primary N) is 1. The average molecular weight is 346 g/mol. The van der Waals surface area contributed by atoms with Crippen molar-refractivity contribution in [3.05, 3.63) is 82.4 Å². The first kappa shape index (κ1) is 17.3. The average Bonchev–Trinajstić information content (AvgIpc) is 2.66. The molecule has 6 heteroatoms. The molecule has 0 spiro atoms. The van der Waals surface area contributed by atoms with Crippen molar-refractivity contribution in [2.45, 2.75) is 13.8 Å². The number of fused-ring (bicyclic) bond motifs is 2. The van der Waals surface area contributed by atoms with E-state index in [0.29, 0.717) is 5.39 Å². The van der Waals surface area contributed by atoms with Crippen LogP contribution in [0.1, 0.15) is 11.4 Å². The summed E-state index contributed by atoms with van der Waals surface area (Å²) in [6.45, 7) is 3.83. The van der Waals surface area contributed by atoms with Crippen LogP contribution >= 0.6 is 0 Å². The van der Waals surface area contributed by atoms with E-state index in [9.17, 15) is 10.1 Å². The molecule has 0 unspecified atom stereocenters. The number of nitro groups is 1. The SMILES string of the molecule is Cc1ncc(N)c2ccccc12.Cc1ncc([N+](=O)[O-])c2ccccc12. The molecule has 0 saturated carbocycles. The molecule has 130 valence electrons. The Morgan fingerprint density at radius 1 is 0.808 bits per heavy atom. The van der Waals surface area contributed by atoms with E-state index in [1.54, 1.807) is 18.3 Å². The molecule has 0 saturated heterocycles. The van der Waals surface area contributed by atoms with Crippen molar-refractivity contribution in [1.29, 1.82) is 0 Å². The van der Waals surface area contributed by atoms with Crippen molar-refractivity contribution in [2.75, 3.05) is 5.73 Å². The zero-order chi connectivity index (χ0) is 18.7. The number of hydrogen-bond donors (Lipinski definition) is 1. The van der Waals surface area contributed by atoms with E-state index in [0.717, 1.165) is 33.2 Å². The minimum Gasteiger partial charge on any atom is -0.397 e. The third kappa shape index (κ3) is 3.30. The fraction of sp³-hybridized carbons (Fsp3) is 0.100. The Morgan fingerprint density at radius 3 is 1.81 bits per heavy atom. The smallest absolute Gasteiger partial charge is 0.295 e. The molecule has 0 fully saturated rings. The topological polar surface area (TPSA) is 94.9 Å². The van der Waals surface area contributed by atoms with Gasteiger partial charge in [0.2, 0.25) is 0 Å². The highest BCUT2D eigenvalue weighted by Gasteiger charge is 2.12. The third-order valence-corrected chi connectivity index (χ3v) is 4.20. The summed E-state index contributed by atoms with van der Waals surface area (Å²) in [5.41, 5.74) is 8.41. The largest absolute Gasteiger partial charge is 0.397 e. The zero-order valence-electron chi connectivity index (χ0n) is 14.5. The van der Waals surface area contributed by atoms with Crippen LogP contribution in [-0.2, 0) is 0 Å². The van der Waals surface area contributed by atoms with Crippen molar-refractivity contribution in [3.63, 3.8) is 0 Å². The van der Waals surface area contributed by atoms with Crippen LogP contribution in [0.25, 0.3) is 21.5 Å². The minimum atomic E-state index is -0.408. The molecular weight excluding hydrogens is 328 g/mol. The summed E-state index contributed by atoms with van der Waals surface area (Å²) in [7, 11) is 0. The molecule has 2 aromatic heterocycles. The lowest BCUT2D eigenvalue weighted by Gasteiger charge is -2.02. The first-order valence-electron chi connectivity index (χ1n) is 8.07. The molecule has 0 radical (unpaired) electrons. The lowest BCUT2D eigenvalue weighted by molar-refractivity contribution is -0.383. The van der Waals surface area contributed by atoms with Crippen molar-refractivity contribution in [1.82, 2.24) is 9.97 Å². The number of nitrogen functional groups attached to an aromatic ring is 1. The van der Waals surface area contributed by atoms with E-state index >= 15 is 0 Å². The molecule has 0 aliphatic rings. The van der Waals surface area contributed by atoms with Crippen molar-refractivity contribution in [3.8, 4) is 0 Å². The van der Waals surface area contributed by atoms with E-state index < -0.39 is 4.92 Å². The summed E-state index contributed by atoms with van der Waals surface area (Å²) in [6.07, 6.45) is 3.01. The second kappa shape index (κ2) is 7.14. The molecule has 2 heterocycles. The van der Waals surface area contributed by atoms with Gasteiger partial charge in [-0.2, -0.15) is 0 Å². The molecule has 4 rings (SSSR count). The molecule has 0 aliphatic carbocycles. The molecule has 0 amide bonds. The molecule has 4 aromatic rings. The fourth-order valence-corrected chi connectivity index (χ4v) is 2.82. The number of rotatable bonds is 1. The van der Waals surface area contributed by atoms with Gasteiger partial charge in [-0.3, -0.25) is 20.1 Å². The summed E-state index contributed by atoms with van der Waals surface area (Å²) >= 11 is 0. The molecule has 0 bridgehead atoms. The highest BCUT2D eigenvalue weighted by molar-refractivity contribution is 5.93. The van der Waals surface area contributed by atoms with Crippen molar-refractivity contribution >= 4 is 32.9 Å². The molecule has 0 atom stereocenters. The van der Waals surface area contributed by atoms with Crippen LogP contribution in [0.4, 0.5) is 11.4 Å². The van der Waals surface area contributed by atoms with E-state index in [2.05, 4.69) is 9.97 Å². The minimum absolute atomic E-state index is 0.0613. The van der Waals surface area contributed by atoms with Crippen molar-refractivity contribution < 1.29 is 4.92 Å². The monoisotopic (exact) mass is 346 g/mol. The summed E-state index contributed by atoms with van der Waals surface area (Å²) in [5, 5.41) is 14.4. The van der Waals surface area contributed by atoms with Gasteiger partial charge < -0.3 is 5.73 Å². The van der Waals surface area contributed by atoms with Gasteiger partial charge in [0.25, 0.3) is 5.69 Å². The maximum Gasteiger partial charge on any atom is 0.295 e. The zero-order valence-corrected chi connectivity index (χ0v) is 14.5. The van der Waals surface area contributed by atoms with Gasteiger partial charge in [-0.25, -0.2) is 0 Å². The summed E-state index contributed by atoms with van der Waals surface area (Å²) < 4.78 is 0. The van der Waals surface area contributed by atoms with Crippen LogP contribution in [0.2, 0.25) is 0 Å². The predicted molar refractivity (Wildman–Crippen MR) is 104 cm³/mol. The summed E-state index contributed by atoms with van der Waals surface area (Å²) in [4.78, 5) is 18.5. The van der Waals surface area contributed by atoms with E-state index in [-0.39, 0.29) is 5.69 Å². The Morgan fingerprint density at radius 2 is 1.27 bits per heavy atom. The van der Waals surface area contributed by atoms with Gasteiger partial charge in [0, 0.05) is 27.5 Å². The summed E-state index contributed by atoms with van der Waals surface area (Å²) in [6, 6.07) is 15.2. The molecule has 2 N–H and O–H groups in total. The maximum absolute atomic E-state index is 10.7. The van der Waals surface area contributed by atoms with Gasteiger partial charge in [-0.05, 0) is 19.9 Å². The Hall–Kier alpha value is -3.54. The first-order valence-corrected chi connectivity index (χ1v) is 8.07. The maximum atomic E-state index is 10.7. The van der Waals surface area contributed by atoms with Crippen LogP contribution in [0, 0.1) is 24.0 Å². The van der Waals surface area contributed by atoms with E-state index in [1.165, 1.54) is 6.20 Å². The van der Waals surface area contributed by atoms with Crippen LogP contribution in [0.5, 0.6) is 0 Å². The summed E-state index contributed by atoms with van der Waals surface area (Å²) in [5.74, 6) is 0. The number of nitrogens with zero attached hydrogens (tertiary/aromatic N) is 3. The van der Waals surface area contributed by atoms with Crippen LogP contribution in [0.15, 0.2) is 60.9 Å². The second-order valence-electron chi connectivity index (χ2n) is 5.88. The van der Waals surface area contributed by atoms with Crippen LogP contribution in [-0.4, -0.2) is 14.9 Å². The lowest BCUT2D eigenvalue weighted by atomic mass is 10.1. The molecule has 6 nitrogen and oxygen atoms in total. The van der Waals surface area contributed by atoms with Crippen molar-refractivity contribution in [2.24, 2.45) is 0 Å². The predicted octanol–water partition coefficient (Wildman–Crippen LogP) is 4.58. The molecule has 2 aromatic carbocycles. The molecule has 26 heavy (non-hydrogen) atoms. The third-order valence-electron chi connectivity index (χ3n) is 4.20. The Balaban J connectivity index is 0.000000152. The number of anilines is 1. The van der Waals surface area contributed by atoms with Gasteiger partial charge in [0.15, 0.2) is 0 Å². The number of pyridine rings is 2. The van der Waals surface area contributed by atoms with Crippen LogP contribution < -0.4 is 5.73 Å². The van der Waals surface area contributed by atoms with Gasteiger partial charge in [-0.1, -0.05) is 42.5 Å². The van der Waals surface area contributed by atoms with Gasteiger partial charge in [-0.15, -0.1) is 0 Å². The standard InChI is InChI=1S/C10H8N2O2.C10H10N2/c1-7-8-4-2-3-5-9(8)10(6-11-7)12(13)14;1-7-8-4-2-3-5-9(8)10(11)6-12-7/h2-6H,1H3;2-6H,11H2,1H3.